The van der Waals surface area contributed by atoms with Crippen molar-refractivity contribution in [2.45, 2.75) is 0 Å². The molecule has 0 spiro atoms. The molecule has 3 nitrogen and oxygen atoms in total. The van der Waals surface area contributed by atoms with Gasteiger partial charge in [0.25, 0.3) is 0 Å². The molecule has 4 heteroatoms. The third kappa shape index (κ3) is 3.81. The van der Waals surface area contributed by atoms with E-state index in [-0.39, 0.29) is 0 Å². The Hall–Kier alpha value is -4.15. The van der Waals surface area contributed by atoms with Gasteiger partial charge in [-0.05, 0) is 12.1 Å². The van der Waals surface area contributed by atoms with E-state index in [4.69, 9.17) is 15.0 Å². The number of aromatic nitrogens is 3. The SMILES string of the molecule is c1ccc(-c2cc(-c3cccc4sc(-c5ccccc5)nc34)nc(-c3ccccc3)n2)cc1. The number of para-hydroxylation sites is 1. The fourth-order valence-electron chi connectivity index (χ4n) is 3.92. The molecule has 0 unspecified atom stereocenters. The molecule has 0 radical (unpaired) electrons. The van der Waals surface area contributed by atoms with E-state index in [0.29, 0.717) is 5.82 Å². The molecule has 2 heterocycles. The number of benzene rings is 4. The maximum absolute atomic E-state index is 5.02. The minimum atomic E-state index is 0.711. The molecular weight excluding hydrogens is 422 g/mol. The van der Waals surface area contributed by atoms with E-state index in [0.717, 1.165) is 48.9 Å². The fourth-order valence-corrected chi connectivity index (χ4v) is 4.92. The van der Waals surface area contributed by atoms with Crippen LogP contribution < -0.4 is 0 Å². The molecule has 0 bridgehead atoms. The summed E-state index contributed by atoms with van der Waals surface area (Å²) in [6, 6.07) is 39.1. The molecule has 0 fully saturated rings. The second-order valence-electron chi connectivity index (χ2n) is 7.73. The van der Waals surface area contributed by atoms with Crippen molar-refractivity contribution in [1.29, 1.82) is 0 Å². The highest BCUT2D eigenvalue weighted by Gasteiger charge is 2.15. The van der Waals surface area contributed by atoms with Crippen LogP contribution in [0, 0.1) is 0 Å². The molecule has 0 saturated carbocycles. The average Bonchev–Trinajstić information content (AvgIpc) is 3.35. The van der Waals surface area contributed by atoms with Crippen LogP contribution >= 0.6 is 11.3 Å². The molecule has 33 heavy (non-hydrogen) atoms. The van der Waals surface area contributed by atoms with Gasteiger partial charge in [0.1, 0.15) is 5.01 Å². The second kappa shape index (κ2) is 8.41. The number of rotatable bonds is 4. The molecular formula is C29H19N3S. The van der Waals surface area contributed by atoms with E-state index in [1.54, 1.807) is 11.3 Å². The summed E-state index contributed by atoms with van der Waals surface area (Å²) >= 11 is 1.71. The summed E-state index contributed by atoms with van der Waals surface area (Å²) < 4.78 is 1.15. The van der Waals surface area contributed by atoms with Crippen LogP contribution in [-0.4, -0.2) is 15.0 Å². The highest BCUT2D eigenvalue weighted by atomic mass is 32.1. The van der Waals surface area contributed by atoms with Crippen molar-refractivity contribution in [3.63, 3.8) is 0 Å². The minimum Gasteiger partial charge on any atom is -0.235 e. The molecule has 0 amide bonds. The van der Waals surface area contributed by atoms with Gasteiger partial charge in [-0.3, -0.25) is 0 Å². The first-order valence-electron chi connectivity index (χ1n) is 10.8. The number of hydrogen-bond acceptors (Lipinski definition) is 4. The van der Waals surface area contributed by atoms with Crippen LogP contribution in [0.1, 0.15) is 0 Å². The van der Waals surface area contributed by atoms with Gasteiger partial charge in [0.15, 0.2) is 5.82 Å². The lowest BCUT2D eigenvalue weighted by Crippen LogP contribution is -1.96. The number of hydrogen-bond donors (Lipinski definition) is 0. The van der Waals surface area contributed by atoms with Gasteiger partial charge < -0.3 is 0 Å². The molecule has 0 aliphatic heterocycles. The summed E-state index contributed by atoms with van der Waals surface area (Å²) in [5, 5.41) is 1.01. The van der Waals surface area contributed by atoms with Crippen molar-refractivity contribution >= 4 is 21.6 Å². The van der Waals surface area contributed by atoms with Crippen LogP contribution in [-0.2, 0) is 0 Å². The molecule has 0 aliphatic rings. The molecule has 0 aliphatic carbocycles. The van der Waals surface area contributed by atoms with Crippen molar-refractivity contribution in [3.05, 3.63) is 115 Å². The Labute approximate surface area is 196 Å². The monoisotopic (exact) mass is 441 g/mol. The Balaban J connectivity index is 1.56. The van der Waals surface area contributed by atoms with Crippen LogP contribution in [0.3, 0.4) is 0 Å². The normalized spacial score (nSPS) is 11.0. The van der Waals surface area contributed by atoms with Crippen molar-refractivity contribution in [2.75, 3.05) is 0 Å². The maximum Gasteiger partial charge on any atom is 0.160 e. The van der Waals surface area contributed by atoms with Gasteiger partial charge >= 0.3 is 0 Å². The van der Waals surface area contributed by atoms with Crippen LogP contribution in [0.2, 0.25) is 0 Å². The van der Waals surface area contributed by atoms with Crippen molar-refractivity contribution in [3.8, 4) is 44.5 Å². The van der Waals surface area contributed by atoms with Gasteiger partial charge in [-0.25, -0.2) is 15.0 Å². The van der Waals surface area contributed by atoms with E-state index >= 15 is 0 Å². The lowest BCUT2D eigenvalue weighted by Gasteiger charge is -2.09. The molecule has 6 aromatic rings. The van der Waals surface area contributed by atoms with Crippen molar-refractivity contribution < 1.29 is 0 Å². The van der Waals surface area contributed by atoms with Crippen LogP contribution in [0.15, 0.2) is 115 Å². The summed E-state index contributed by atoms with van der Waals surface area (Å²) in [4.78, 5) is 14.9. The topological polar surface area (TPSA) is 38.7 Å². The average molecular weight is 442 g/mol. The summed E-state index contributed by atoms with van der Waals surface area (Å²) in [5.74, 6) is 0.711. The summed E-state index contributed by atoms with van der Waals surface area (Å²) in [6.45, 7) is 0. The molecule has 156 valence electrons. The zero-order valence-electron chi connectivity index (χ0n) is 17.7. The quantitative estimate of drug-likeness (QED) is 0.281. The van der Waals surface area contributed by atoms with Crippen molar-refractivity contribution in [2.24, 2.45) is 0 Å². The van der Waals surface area contributed by atoms with Crippen LogP contribution in [0.4, 0.5) is 0 Å². The van der Waals surface area contributed by atoms with E-state index in [1.165, 1.54) is 0 Å². The first-order valence-corrected chi connectivity index (χ1v) is 11.6. The van der Waals surface area contributed by atoms with Crippen molar-refractivity contribution in [1.82, 2.24) is 15.0 Å². The molecule has 0 atom stereocenters. The Kier molecular flexibility index (Phi) is 4.98. The van der Waals surface area contributed by atoms with Gasteiger partial charge in [-0.1, -0.05) is 103 Å². The predicted molar refractivity (Wildman–Crippen MR) is 137 cm³/mol. The molecule has 2 aromatic heterocycles. The molecule has 6 rings (SSSR count). The Morgan fingerprint density at radius 2 is 1.09 bits per heavy atom. The van der Waals surface area contributed by atoms with E-state index in [2.05, 4.69) is 48.5 Å². The summed E-state index contributed by atoms with van der Waals surface area (Å²) in [6.07, 6.45) is 0. The van der Waals surface area contributed by atoms with Gasteiger partial charge in [-0.15, -0.1) is 11.3 Å². The Morgan fingerprint density at radius 1 is 0.485 bits per heavy atom. The third-order valence-electron chi connectivity index (χ3n) is 5.54. The smallest absolute Gasteiger partial charge is 0.160 e. The van der Waals surface area contributed by atoms with E-state index in [1.807, 2.05) is 66.7 Å². The molecule has 0 N–H and O–H groups in total. The van der Waals surface area contributed by atoms with Gasteiger partial charge in [0, 0.05) is 22.3 Å². The summed E-state index contributed by atoms with van der Waals surface area (Å²) in [7, 11) is 0. The zero-order valence-corrected chi connectivity index (χ0v) is 18.5. The van der Waals surface area contributed by atoms with Gasteiger partial charge in [0.2, 0.25) is 0 Å². The van der Waals surface area contributed by atoms with Crippen LogP contribution in [0.25, 0.3) is 54.7 Å². The van der Waals surface area contributed by atoms with E-state index < -0.39 is 0 Å². The van der Waals surface area contributed by atoms with Crippen LogP contribution in [0.5, 0.6) is 0 Å². The first-order chi connectivity index (χ1) is 16.3. The standard InChI is InChI=1S/C29H19N3S/c1-4-11-20(12-5-1)24-19-25(31-28(30-24)21-13-6-2-7-14-21)23-17-10-18-26-27(23)32-29(33-26)22-15-8-3-9-16-22/h1-19H. The zero-order chi connectivity index (χ0) is 22.0. The fraction of sp³-hybridized carbons (Fsp3) is 0. The highest BCUT2D eigenvalue weighted by molar-refractivity contribution is 7.21. The summed E-state index contributed by atoms with van der Waals surface area (Å²) in [5.41, 5.74) is 6.94. The molecule has 4 aromatic carbocycles. The number of nitrogens with zero attached hydrogens (tertiary/aromatic N) is 3. The Bertz CT molecular complexity index is 1480. The van der Waals surface area contributed by atoms with Gasteiger partial charge in [-0.2, -0.15) is 0 Å². The second-order valence-corrected chi connectivity index (χ2v) is 8.76. The molecule has 0 saturated heterocycles. The Morgan fingerprint density at radius 3 is 1.79 bits per heavy atom. The lowest BCUT2D eigenvalue weighted by molar-refractivity contribution is 1.18. The number of fused-ring (bicyclic) bond motifs is 1. The predicted octanol–water partition coefficient (Wildman–Crippen LogP) is 7.75. The van der Waals surface area contributed by atoms with Gasteiger partial charge in [0.05, 0.1) is 21.6 Å². The first kappa shape index (κ1) is 19.5. The van der Waals surface area contributed by atoms with E-state index in [9.17, 15) is 0 Å². The lowest BCUT2D eigenvalue weighted by atomic mass is 10.1. The largest absolute Gasteiger partial charge is 0.235 e. The minimum absolute atomic E-state index is 0.711. The third-order valence-corrected chi connectivity index (χ3v) is 6.61. The highest BCUT2D eigenvalue weighted by Crippen LogP contribution is 2.36. The number of thiazole rings is 1. The maximum atomic E-state index is 5.02.